The molecule has 0 aromatic carbocycles. The van der Waals surface area contributed by atoms with Crippen LogP contribution < -0.4 is 4.57 Å². The molecule has 0 fully saturated rings. The number of rotatable bonds is 16. The number of imidazole rings is 1. The Hall–Kier alpha value is -1.27. The molecule has 0 unspecified atom stereocenters. The summed E-state index contributed by atoms with van der Waals surface area (Å²) >= 11 is 0. The fourth-order valence-corrected chi connectivity index (χ4v) is 3.18. The van der Waals surface area contributed by atoms with E-state index < -0.39 is 7.25 Å². The number of allylic oxidation sites excluding steroid dienone is 2. The first-order valence-electron chi connectivity index (χ1n) is 11.4. The molecular weight excluding hydrogens is 379 g/mol. The molecule has 0 radical (unpaired) electrons. The molecular formula is C22H41BF4N2. The monoisotopic (exact) mass is 420 g/mol. The second-order valence-corrected chi connectivity index (χ2v) is 7.75. The van der Waals surface area contributed by atoms with Crippen LogP contribution in [0.25, 0.3) is 0 Å². The SMILES string of the molecule is CCCCCCCC/C=C/CCCCCCCCn1cc[n+](C)c1.F[B-](F)(F)F. The van der Waals surface area contributed by atoms with E-state index >= 15 is 0 Å². The number of hydrogen-bond donors (Lipinski definition) is 0. The van der Waals surface area contributed by atoms with E-state index in [1.807, 2.05) is 0 Å². The van der Waals surface area contributed by atoms with Gasteiger partial charge in [0.25, 0.3) is 0 Å². The summed E-state index contributed by atoms with van der Waals surface area (Å²) in [6, 6.07) is 0. The van der Waals surface area contributed by atoms with Crippen LogP contribution in [-0.2, 0) is 13.6 Å². The van der Waals surface area contributed by atoms with Crippen LogP contribution in [0.5, 0.6) is 0 Å². The van der Waals surface area contributed by atoms with Crippen molar-refractivity contribution >= 4 is 7.25 Å². The van der Waals surface area contributed by atoms with E-state index in [1.165, 1.54) is 96.4 Å². The Labute approximate surface area is 175 Å². The summed E-state index contributed by atoms with van der Waals surface area (Å²) in [4.78, 5) is 0. The lowest BCUT2D eigenvalue weighted by molar-refractivity contribution is -0.671. The topological polar surface area (TPSA) is 8.81 Å². The van der Waals surface area contributed by atoms with Gasteiger partial charge in [-0.15, -0.1) is 0 Å². The van der Waals surface area contributed by atoms with E-state index in [0.717, 1.165) is 0 Å². The van der Waals surface area contributed by atoms with Crippen LogP contribution in [0.1, 0.15) is 96.8 Å². The second-order valence-electron chi connectivity index (χ2n) is 7.75. The van der Waals surface area contributed by atoms with E-state index in [-0.39, 0.29) is 0 Å². The van der Waals surface area contributed by atoms with Crippen molar-refractivity contribution in [3.8, 4) is 0 Å². The maximum Gasteiger partial charge on any atom is 0.673 e. The molecule has 0 aliphatic rings. The first kappa shape index (κ1) is 27.7. The highest BCUT2D eigenvalue weighted by molar-refractivity contribution is 6.50. The zero-order valence-corrected chi connectivity index (χ0v) is 18.5. The minimum Gasteiger partial charge on any atom is -0.418 e. The molecule has 0 saturated carbocycles. The van der Waals surface area contributed by atoms with Gasteiger partial charge in [-0.25, -0.2) is 9.13 Å². The summed E-state index contributed by atoms with van der Waals surface area (Å²) in [5, 5.41) is 0. The molecule has 1 aromatic heterocycles. The van der Waals surface area contributed by atoms with Gasteiger partial charge in [-0.05, 0) is 38.5 Å². The molecule has 0 N–H and O–H groups in total. The molecule has 1 rings (SSSR count). The summed E-state index contributed by atoms with van der Waals surface area (Å²) in [5.41, 5.74) is 0. The lowest BCUT2D eigenvalue weighted by Crippen LogP contribution is -2.23. The Morgan fingerprint density at radius 1 is 0.759 bits per heavy atom. The van der Waals surface area contributed by atoms with Crippen molar-refractivity contribution in [3.63, 3.8) is 0 Å². The van der Waals surface area contributed by atoms with Crippen molar-refractivity contribution in [2.75, 3.05) is 0 Å². The molecule has 29 heavy (non-hydrogen) atoms. The Morgan fingerprint density at radius 3 is 1.66 bits per heavy atom. The van der Waals surface area contributed by atoms with E-state index in [1.54, 1.807) is 0 Å². The number of hydrogen-bond acceptors (Lipinski definition) is 0. The highest BCUT2D eigenvalue weighted by Crippen LogP contribution is 2.10. The average molecular weight is 420 g/mol. The predicted molar refractivity (Wildman–Crippen MR) is 115 cm³/mol. The molecule has 0 aliphatic carbocycles. The fourth-order valence-electron chi connectivity index (χ4n) is 3.18. The fraction of sp³-hybridized carbons (Fsp3) is 0.773. The first-order valence-corrected chi connectivity index (χ1v) is 11.4. The molecule has 1 aromatic rings. The number of aromatic nitrogens is 2. The minimum atomic E-state index is -6.00. The molecule has 0 amide bonds. The normalized spacial score (nSPS) is 11.7. The van der Waals surface area contributed by atoms with Crippen LogP contribution in [0.3, 0.4) is 0 Å². The largest absolute Gasteiger partial charge is 0.673 e. The molecule has 170 valence electrons. The first-order chi connectivity index (χ1) is 13.8. The second kappa shape index (κ2) is 18.7. The van der Waals surface area contributed by atoms with Gasteiger partial charge in [-0.2, -0.15) is 0 Å². The number of halogens is 4. The van der Waals surface area contributed by atoms with Crippen LogP contribution >= 0.6 is 0 Å². The zero-order chi connectivity index (χ0) is 21.8. The third-order valence-electron chi connectivity index (χ3n) is 4.75. The molecule has 1 heterocycles. The van der Waals surface area contributed by atoms with E-state index in [0.29, 0.717) is 0 Å². The van der Waals surface area contributed by atoms with Gasteiger partial charge < -0.3 is 17.3 Å². The van der Waals surface area contributed by atoms with Crippen LogP contribution in [-0.4, -0.2) is 11.8 Å². The molecule has 0 bridgehead atoms. The van der Waals surface area contributed by atoms with E-state index in [9.17, 15) is 17.3 Å². The number of nitrogens with zero attached hydrogens (tertiary/aromatic N) is 2. The smallest absolute Gasteiger partial charge is 0.418 e. The minimum absolute atomic E-state index is 1.17. The summed E-state index contributed by atoms with van der Waals surface area (Å²) < 4.78 is 43.4. The van der Waals surface area contributed by atoms with Crippen molar-refractivity contribution in [1.29, 1.82) is 0 Å². The zero-order valence-electron chi connectivity index (χ0n) is 18.5. The summed E-state index contributed by atoms with van der Waals surface area (Å²) in [5.74, 6) is 0. The maximum absolute atomic E-state index is 9.75. The lowest BCUT2D eigenvalue weighted by Gasteiger charge is -2.00. The van der Waals surface area contributed by atoms with Crippen molar-refractivity contribution in [1.82, 2.24) is 4.57 Å². The van der Waals surface area contributed by atoms with Gasteiger partial charge in [0.1, 0.15) is 12.4 Å². The van der Waals surface area contributed by atoms with Crippen LogP contribution in [0.15, 0.2) is 30.9 Å². The van der Waals surface area contributed by atoms with Gasteiger partial charge in [-0.1, -0.05) is 70.4 Å². The van der Waals surface area contributed by atoms with Gasteiger partial charge >= 0.3 is 7.25 Å². The number of unbranched alkanes of at least 4 members (excludes halogenated alkanes) is 12. The molecule has 0 spiro atoms. The third kappa shape index (κ3) is 24.7. The average Bonchev–Trinajstić information content (AvgIpc) is 3.05. The molecule has 2 nitrogen and oxygen atoms in total. The summed E-state index contributed by atoms with van der Waals surface area (Å²) in [7, 11) is -3.92. The highest BCUT2D eigenvalue weighted by atomic mass is 19.5. The van der Waals surface area contributed by atoms with Crippen molar-refractivity contribution in [3.05, 3.63) is 30.9 Å². The molecule has 7 heteroatoms. The van der Waals surface area contributed by atoms with Crippen molar-refractivity contribution < 1.29 is 21.8 Å². The maximum atomic E-state index is 9.75. The van der Waals surface area contributed by atoms with Crippen LogP contribution in [0.2, 0.25) is 0 Å². The van der Waals surface area contributed by atoms with Crippen molar-refractivity contribution in [2.24, 2.45) is 7.05 Å². The van der Waals surface area contributed by atoms with Crippen LogP contribution in [0.4, 0.5) is 17.3 Å². The summed E-state index contributed by atoms with van der Waals surface area (Å²) in [6.45, 7) is 3.45. The van der Waals surface area contributed by atoms with Crippen LogP contribution in [0, 0.1) is 0 Å². The molecule has 0 atom stereocenters. The Bertz CT molecular complexity index is 495. The standard InChI is InChI=1S/C22H41N2.BF4/c1-3-4-5-6-7-8-9-10-11-12-13-14-15-16-17-18-19-24-21-20-23(2)22-24;2-1(3,4)5/h10-11,20-22H,3-9,12-19H2,1-2H3;/q+1;-1/b11-10+;. The number of aryl methyl sites for hydroxylation is 2. The third-order valence-corrected chi connectivity index (χ3v) is 4.75. The van der Waals surface area contributed by atoms with Gasteiger partial charge in [0.15, 0.2) is 0 Å². The van der Waals surface area contributed by atoms with Crippen molar-refractivity contribution in [2.45, 2.75) is 103 Å². The quantitative estimate of drug-likeness (QED) is 0.0854. The highest BCUT2D eigenvalue weighted by Gasteiger charge is 2.20. The van der Waals surface area contributed by atoms with Gasteiger partial charge in [0.05, 0.1) is 13.6 Å². The predicted octanol–water partition coefficient (Wildman–Crippen LogP) is 7.65. The lowest BCUT2D eigenvalue weighted by atomic mass is 10.1. The molecule has 0 aliphatic heterocycles. The van der Waals surface area contributed by atoms with Gasteiger partial charge in [-0.3, -0.25) is 0 Å². The van der Waals surface area contributed by atoms with E-state index in [4.69, 9.17) is 0 Å². The van der Waals surface area contributed by atoms with Gasteiger partial charge in [0, 0.05) is 0 Å². The van der Waals surface area contributed by atoms with E-state index in [2.05, 4.69) is 54.0 Å². The Balaban J connectivity index is 0.00000139. The summed E-state index contributed by atoms with van der Waals surface area (Å²) in [6.07, 6.45) is 30.6. The van der Waals surface area contributed by atoms with Gasteiger partial charge in [0.2, 0.25) is 6.33 Å². The Kier molecular flexibility index (Phi) is 17.9. The molecule has 0 saturated heterocycles. The Morgan fingerprint density at radius 2 is 1.21 bits per heavy atom.